The third-order valence-corrected chi connectivity index (χ3v) is 4.81. The normalized spacial score (nSPS) is 11.2. The molecule has 3 aromatic rings. The predicted molar refractivity (Wildman–Crippen MR) is 106 cm³/mol. The molecular formula is C19H23ClN4O3. The monoisotopic (exact) mass is 390 g/mol. The molecule has 0 aliphatic heterocycles. The summed E-state index contributed by atoms with van der Waals surface area (Å²) in [6, 6.07) is 7.29. The maximum Gasteiger partial charge on any atom is 0.332 e. The molecule has 2 heterocycles. The summed E-state index contributed by atoms with van der Waals surface area (Å²) in [6.45, 7) is 1.04. The Kier molecular flexibility index (Phi) is 6.01. The molecule has 0 aliphatic rings. The average molecular weight is 391 g/mol. The number of hydrogen-bond acceptors (Lipinski definition) is 4. The fraction of sp³-hybridized carbons (Fsp3) is 0.421. The van der Waals surface area contributed by atoms with E-state index in [1.54, 1.807) is 37.1 Å². The van der Waals surface area contributed by atoms with Gasteiger partial charge in [-0.15, -0.1) is 0 Å². The van der Waals surface area contributed by atoms with Crippen LogP contribution in [-0.4, -0.2) is 25.3 Å². The lowest BCUT2D eigenvalue weighted by molar-refractivity contribution is 0.304. The Hall–Kier alpha value is -2.54. The lowest BCUT2D eigenvalue weighted by Gasteiger charge is -2.09. The quantitative estimate of drug-likeness (QED) is 0.554. The van der Waals surface area contributed by atoms with Crippen molar-refractivity contribution in [2.24, 2.45) is 14.1 Å². The molecule has 0 fully saturated rings. The molecule has 0 spiro atoms. The van der Waals surface area contributed by atoms with E-state index in [0.717, 1.165) is 31.4 Å². The molecule has 0 unspecified atom stereocenters. The van der Waals surface area contributed by atoms with Crippen molar-refractivity contribution in [3.63, 3.8) is 0 Å². The van der Waals surface area contributed by atoms with E-state index in [9.17, 15) is 9.59 Å². The molecule has 0 radical (unpaired) electrons. The summed E-state index contributed by atoms with van der Waals surface area (Å²) in [5.74, 6) is 0.805. The van der Waals surface area contributed by atoms with Crippen molar-refractivity contribution in [1.82, 2.24) is 18.7 Å². The zero-order chi connectivity index (χ0) is 19.4. The van der Waals surface area contributed by atoms with Crippen molar-refractivity contribution in [3.8, 4) is 5.75 Å². The standard InChI is InChI=1S/C19H23ClN4O3/c1-22-13-21-17-16(22)18(25)24(19(26)23(17)2)11-5-3-4-6-12-27-15-9-7-14(20)8-10-15/h7-10,13H,3-6,11-12H2,1-2H3. The van der Waals surface area contributed by atoms with Crippen LogP contribution in [-0.2, 0) is 20.6 Å². The lowest BCUT2D eigenvalue weighted by atomic mass is 10.2. The zero-order valence-electron chi connectivity index (χ0n) is 15.5. The first-order valence-corrected chi connectivity index (χ1v) is 9.36. The predicted octanol–water partition coefficient (Wildman–Crippen LogP) is 2.73. The first-order chi connectivity index (χ1) is 13.0. The molecule has 8 heteroatoms. The second kappa shape index (κ2) is 8.43. The van der Waals surface area contributed by atoms with Gasteiger partial charge in [0.15, 0.2) is 11.2 Å². The third kappa shape index (κ3) is 4.24. The Morgan fingerprint density at radius 2 is 1.74 bits per heavy atom. The fourth-order valence-corrected chi connectivity index (χ4v) is 3.17. The molecule has 1 aromatic carbocycles. The topological polar surface area (TPSA) is 71.1 Å². The Balaban J connectivity index is 1.49. The van der Waals surface area contributed by atoms with Crippen LogP contribution in [0, 0.1) is 0 Å². The van der Waals surface area contributed by atoms with Crippen LogP contribution in [0.15, 0.2) is 40.2 Å². The van der Waals surface area contributed by atoms with Crippen molar-refractivity contribution in [2.45, 2.75) is 32.2 Å². The number of benzene rings is 1. The largest absolute Gasteiger partial charge is 0.494 e. The van der Waals surface area contributed by atoms with Crippen molar-refractivity contribution >= 4 is 22.8 Å². The number of fused-ring (bicyclic) bond motifs is 1. The van der Waals surface area contributed by atoms with Crippen molar-refractivity contribution in [1.29, 1.82) is 0 Å². The van der Waals surface area contributed by atoms with Crippen LogP contribution < -0.4 is 16.0 Å². The first kappa shape index (κ1) is 19.2. The van der Waals surface area contributed by atoms with Gasteiger partial charge < -0.3 is 9.30 Å². The molecule has 0 saturated heterocycles. The number of rotatable bonds is 8. The molecule has 27 heavy (non-hydrogen) atoms. The number of nitrogens with zero attached hydrogens (tertiary/aromatic N) is 4. The lowest BCUT2D eigenvalue weighted by Crippen LogP contribution is -2.39. The van der Waals surface area contributed by atoms with Gasteiger partial charge in [0.2, 0.25) is 0 Å². The summed E-state index contributed by atoms with van der Waals surface area (Å²) in [7, 11) is 3.40. The van der Waals surface area contributed by atoms with Gasteiger partial charge in [0.25, 0.3) is 5.56 Å². The van der Waals surface area contributed by atoms with E-state index in [-0.39, 0.29) is 11.2 Å². The summed E-state index contributed by atoms with van der Waals surface area (Å²) in [5.41, 5.74) is 0.271. The summed E-state index contributed by atoms with van der Waals surface area (Å²) in [6.07, 6.45) is 5.12. The van der Waals surface area contributed by atoms with E-state index in [0.29, 0.717) is 29.3 Å². The molecule has 3 rings (SSSR count). The van der Waals surface area contributed by atoms with Crippen LogP contribution in [0.1, 0.15) is 25.7 Å². The number of aromatic nitrogens is 4. The first-order valence-electron chi connectivity index (χ1n) is 8.98. The second-order valence-corrected chi connectivity index (χ2v) is 6.98. The number of ether oxygens (including phenoxy) is 1. The van der Waals surface area contributed by atoms with Gasteiger partial charge in [0.1, 0.15) is 5.75 Å². The van der Waals surface area contributed by atoms with Gasteiger partial charge in [0.05, 0.1) is 12.9 Å². The maximum atomic E-state index is 12.6. The summed E-state index contributed by atoms with van der Waals surface area (Å²) >= 11 is 5.84. The van der Waals surface area contributed by atoms with E-state index in [2.05, 4.69) is 4.98 Å². The SMILES string of the molecule is Cn1cnc2c1c(=O)n(CCCCCCOc1ccc(Cl)cc1)c(=O)n2C. The molecule has 0 saturated carbocycles. The molecule has 7 nitrogen and oxygen atoms in total. The van der Waals surface area contributed by atoms with E-state index < -0.39 is 0 Å². The second-order valence-electron chi connectivity index (χ2n) is 6.54. The van der Waals surface area contributed by atoms with E-state index in [4.69, 9.17) is 16.3 Å². The van der Waals surface area contributed by atoms with E-state index >= 15 is 0 Å². The van der Waals surface area contributed by atoms with Crippen LogP contribution in [0.2, 0.25) is 5.02 Å². The van der Waals surface area contributed by atoms with E-state index in [1.165, 1.54) is 9.13 Å². The van der Waals surface area contributed by atoms with Crippen LogP contribution in [0.3, 0.4) is 0 Å². The summed E-state index contributed by atoms with van der Waals surface area (Å²) in [4.78, 5) is 29.1. The molecule has 0 atom stereocenters. The van der Waals surface area contributed by atoms with Crippen molar-refractivity contribution in [3.05, 3.63) is 56.5 Å². The van der Waals surface area contributed by atoms with Crippen LogP contribution in [0.5, 0.6) is 5.75 Å². The number of unbranched alkanes of at least 4 members (excludes halogenated alkanes) is 3. The minimum absolute atomic E-state index is 0.279. The number of imidazole rings is 1. The van der Waals surface area contributed by atoms with Gasteiger partial charge in [-0.05, 0) is 37.1 Å². The molecule has 0 bridgehead atoms. The van der Waals surface area contributed by atoms with Crippen molar-refractivity contribution < 1.29 is 4.74 Å². The van der Waals surface area contributed by atoms with Gasteiger partial charge in [-0.25, -0.2) is 9.78 Å². The number of aryl methyl sites for hydroxylation is 2. The molecule has 0 N–H and O–H groups in total. The molecular weight excluding hydrogens is 368 g/mol. The van der Waals surface area contributed by atoms with Crippen LogP contribution >= 0.6 is 11.6 Å². The van der Waals surface area contributed by atoms with Gasteiger partial charge >= 0.3 is 5.69 Å². The Morgan fingerprint density at radius 3 is 2.48 bits per heavy atom. The smallest absolute Gasteiger partial charge is 0.332 e. The highest BCUT2D eigenvalue weighted by atomic mass is 35.5. The maximum absolute atomic E-state index is 12.6. The Labute approximate surface area is 161 Å². The van der Waals surface area contributed by atoms with Gasteiger partial charge in [-0.1, -0.05) is 24.4 Å². The third-order valence-electron chi connectivity index (χ3n) is 4.56. The minimum Gasteiger partial charge on any atom is -0.494 e. The van der Waals surface area contributed by atoms with Gasteiger partial charge in [-0.2, -0.15) is 0 Å². The summed E-state index contributed by atoms with van der Waals surface area (Å²) < 4.78 is 10.0. The van der Waals surface area contributed by atoms with Gasteiger partial charge in [0, 0.05) is 25.7 Å². The Morgan fingerprint density at radius 1 is 1.04 bits per heavy atom. The average Bonchev–Trinajstić information content (AvgIpc) is 3.05. The molecule has 2 aromatic heterocycles. The molecule has 0 amide bonds. The molecule has 0 aliphatic carbocycles. The molecule has 144 valence electrons. The minimum atomic E-state index is -0.322. The van der Waals surface area contributed by atoms with Gasteiger partial charge in [-0.3, -0.25) is 13.9 Å². The zero-order valence-corrected chi connectivity index (χ0v) is 16.3. The highest BCUT2D eigenvalue weighted by molar-refractivity contribution is 6.30. The van der Waals surface area contributed by atoms with Crippen LogP contribution in [0.4, 0.5) is 0 Å². The number of halogens is 1. The highest BCUT2D eigenvalue weighted by Gasteiger charge is 2.14. The fourth-order valence-electron chi connectivity index (χ4n) is 3.04. The van der Waals surface area contributed by atoms with Crippen molar-refractivity contribution in [2.75, 3.05) is 6.61 Å². The highest BCUT2D eigenvalue weighted by Crippen LogP contribution is 2.16. The summed E-state index contributed by atoms with van der Waals surface area (Å²) in [5, 5.41) is 0.688. The number of hydrogen-bond donors (Lipinski definition) is 0. The van der Waals surface area contributed by atoms with E-state index in [1.807, 2.05) is 12.1 Å². The van der Waals surface area contributed by atoms with Crippen LogP contribution in [0.25, 0.3) is 11.2 Å². The Bertz CT molecular complexity index is 1030.